The monoisotopic (exact) mass is 328 g/mol. The molecule has 0 heterocycles. The van der Waals surface area contributed by atoms with Gasteiger partial charge in [0.15, 0.2) is 11.6 Å². The van der Waals surface area contributed by atoms with E-state index in [9.17, 15) is 14.4 Å². The first-order chi connectivity index (χ1) is 11.2. The van der Waals surface area contributed by atoms with Gasteiger partial charge < -0.3 is 4.74 Å². The first-order valence-corrected chi connectivity index (χ1v) is 8.30. The van der Waals surface area contributed by atoms with Gasteiger partial charge in [-0.25, -0.2) is 0 Å². The molecule has 0 amide bonds. The number of hydrogen-bond donors (Lipinski definition) is 0. The van der Waals surface area contributed by atoms with Crippen molar-refractivity contribution in [1.82, 2.24) is 0 Å². The number of benzene rings is 1. The van der Waals surface area contributed by atoms with Crippen LogP contribution < -0.4 is 0 Å². The lowest BCUT2D eigenvalue weighted by Gasteiger charge is -2.33. The largest absolute Gasteiger partial charge is 0.459 e. The molecule has 0 N–H and O–H groups in total. The Morgan fingerprint density at radius 3 is 2.38 bits per heavy atom. The van der Waals surface area contributed by atoms with Gasteiger partial charge in [-0.1, -0.05) is 42.8 Å². The Bertz CT molecular complexity index is 652. The van der Waals surface area contributed by atoms with E-state index >= 15 is 0 Å². The third-order valence-corrected chi connectivity index (χ3v) is 4.06. The second-order valence-electron chi connectivity index (χ2n) is 7.17. The van der Waals surface area contributed by atoms with Crippen LogP contribution in [-0.4, -0.2) is 23.1 Å². The van der Waals surface area contributed by atoms with Gasteiger partial charge in [0.25, 0.3) is 0 Å². The molecule has 1 aliphatic carbocycles. The van der Waals surface area contributed by atoms with E-state index in [-0.39, 0.29) is 11.6 Å². The molecule has 0 saturated heterocycles. The summed E-state index contributed by atoms with van der Waals surface area (Å²) in [4.78, 5) is 37.5. The third-order valence-electron chi connectivity index (χ3n) is 4.06. The molecule has 0 radical (unpaired) electrons. The van der Waals surface area contributed by atoms with Gasteiger partial charge in [0.05, 0.1) is 0 Å². The highest BCUT2D eigenvalue weighted by Crippen LogP contribution is 2.37. The van der Waals surface area contributed by atoms with Gasteiger partial charge in [-0.2, -0.15) is 0 Å². The van der Waals surface area contributed by atoms with E-state index in [1.54, 1.807) is 45.0 Å². The van der Waals surface area contributed by atoms with Crippen LogP contribution in [0.25, 0.3) is 0 Å². The Kier molecular flexibility index (Phi) is 5.37. The smallest absolute Gasteiger partial charge is 0.324 e. The highest BCUT2D eigenvalue weighted by atomic mass is 16.6. The van der Waals surface area contributed by atoms with Gasteiger partial charge >= 0.3 is 5.97 Å². The molecular weight excluding hydrogens is 304 g/mol. The van der Waals surface area contributed by atoms with Crippen molar-refractivity contribution in [2.24, 2.45) is 5.41 Å². The van der Waals surface area contributed by atoms with E-state index in [0.29, 0.717) is 18.4 Å². The Balaban J connectivity index is 2.30. The zero-order valence-corrected chi connectivity index (χ0v) is 14.5. The van der Waals surface area contributed by atoms with Crippen LogP contribution in [0.4, 0.5) is 0 Å². The molecule has 0 aromatic heterocycles. The summed E-state index contributed by atoms with van der Waals surface area (Å²) in [5.41, 5.74) is -1.49. The normalized spacial score (nSPS) is 21.7. The van der Waals surface area contributed by atoms with Crippen molar-refractivity contribution in [3.63, 3.8) is 0 Å². The van der Waals surface area contributed by atoms with Crippen LogP contribution in [0.3, 0.4) is 0 Å². The quantitative estimate of drug-likeness (QED) is 0.364. The summed E-state index contributed by atoms with van der Waals surface area (Å²) in [5, 5.41) is 0. The molecule has 1 saturated carbocycles. The summed E-state index contributed by atoms with van der Waals surface area (Å²) in [7, 11) is 0. The molecule has 1 aromatic rings. The van der Waals surface area contributed by atoms with Crippen molar-refractivity contribution in [3.8, 4) is 0 Å². The van der Waals surface area contributed by atoms with E-state index in [0.717, 1.165) is 12.8 Å². The molecule has 128 valence electrons. The minimum absolute atomic E-state index is 0.167. The summed E-state index contributed by atoms with van der Waals surface area (Å²) >= 11 is 0. The maximum atomic E-state index is 12.7. The van der Waals surface area contributed by atoms with Gasteiger partial charge in [0.1, 0.15) is 11.0 Å². The summed E-state index contributed by atoms with van der Waals surface area (Å²) in [6.07, 6.45) is 5.04. The van der Waals surface area contributed by atoms with E-state index < -0.39 is 17.0 Å². The molecule has 4 nitrogen and oxygen atoms in total. The van der Waals surface area contributed by atoms with Crippen molar-refractivity contribution < 1.29 is 19.1 Å². The van der Waals surface area contributed by atoms with Gasteiger partial charge in [-0.15, -0.1) is 0 Å². The first kappa shape index (κ1) is 18.1. The van der Waals surface area contributed by atoms with Gasteiger partial charge in [0, 0.05) is 12.0 Å². The van der Waals surface area contributed by atoms with Crippen LogP contribution in [0.15, 0.2) is 42.5 Å². The fraction of sp³-hybridized carbons (Fsp3) is 0.450. The third kappa shape index (κ3) is 4.19. The molecule has 0 aliphatic heterocycles. The van der Waals surface area contributed by atoms with E-state index in [4.69, 9.17) is 4.74 Å². The SMILES string of the molecule is CC(C)(C)OC(=O)[C@]1(/C=C\C(=O)c2ccccc2)CCCCC1=O. The zero-order chi connectivity index (χ0) is 17.8. The van der Waals surface area contributed by atoms with Crippen molar-refractivity contribution >= 4 is 17.5 Å². The average molecular weight is 328 g/mol. The molecule has 2 rings (SSSR count). The fourth-order valence-corrected chi connectivity index (χ4v) is 2.80. The second-order valence-corrected chi connectivity index (χ2v) is 7.17. The second kappa shape index (κ2) is 7.12. The Hall–Kier alpha value is -2.23. The van der Waals surface area contributed by atoms with Crippen molar-refractivity contribution in [3.05, 3.63) is 48.0 Å². The standard InChI is InChI=1S/C20H24O4/c1-19(2,3)24-18(23)20(13-8-7-11-17(20)22)14-12-16(21)15-9-5-4-6-10-15/h4-6,9-10,12,14H,7-8,11,13H2,1-3H3/b14-12-/t20-/m0/s1. The van der Waals surface area contributed by atoms with Crippen LogP contribution in [0, 0.1) is 5.41 Å². The number of rotatable bonds is 4. The van der Waals surface area contributed by atoms with Crippen molar-refractivity contribution in [1.29, 1.82) is 0 Å². The predicted octanol–water partition coefficient (Wildman–Crippen LogP) is 3.90. The van der Waals surface area contributed by atoms with Crippen LogP contribution in [0.1, 0.15) is 56.8 Å². The Labute approximate surface area is 142 Å². The van der Waals surface area contributed by atoms with Gasteiger partial charge in [-0.05, 0) is 39.7 Å². The number of Topliss-reactive ketones (excluding diaryl/α,β-unsaturated/α-hetero) is 1. The number of carbonyl (C=O) groups is 3. The maximum Gasteiger partial charge on any atom is 0.324 e. The first-order valence-electron chi connectivity index (χ1n) is 8.30. The number of ketones is 2. The van der Waals surface area contributed by atoms with Crippen LogP contribution in [0.5, 0.6) is 0 Å². The van der Waals surface area contributed by atoms with Crippen LogP contribution >= 0.6 is 0 Å². The van der Waals surface area contributed by atoms with E-state index in [1.807, 2.05) is 6.07 Å². The summed E-state index contributed by atoms with van der Waals surface area (Å²) < 4.78 is 5.47. The lowest BCUT2D eigenvalue weighted by Crippen LogP contribution is -2.44. The summed E-state index contributed by atoms with van der Waals surface area (Å²) in [5.74, 6) is -0.950. The number of ether oxygens (including phenoxy) is 1. The Morgan fingerprint density at radius 1 is 1.12 bits per heavy atom. The number of esters is 1. The fourth-order valence-electron chi connectivity index (χ4n) is 2.80. The number of carbonyl (C=O) groups excluding carboxylic acids is 3. The highest BCUT2D eigenvalue weighted by molar-refractivity contribution is 6.09. The van der Waals surface area contributed by atoms with Crippen LogP contribution in [-0.2, 0) is 14.3 Å². The molecule has 1 aliphatic rings. The maximum absolute atomic E-state index is 12.7. The number of hydrogen-bond acceptors (Lipinski definition) is 4. The molecule has 4 heteroatoms. The Morgan fingerprint density at radius 2 is 1.79 bits per heavy atom. The molecule has 1 fully saturated rings. The molecule has 0 bridgehead atoms. The minimum atomic E-state index is -1.34. The van der Waals surface area contributed by atoms with E-state index in [2.05, 4.69) is 0 Å². The molecular formula is C20H24O4. The zero-order valence-electron chi connectivity index (χ0n) is 14.5. The molecule has 0 unspecified atom stereocenters. The topological polar surface area (TPSA) is 60.4 Å². The van der Waals surface area contributed by atoms with Gasteiger partial charge in [-0.3, -0.25) is 14.4 Å². The van der Waals surface area contributed by atoms with E-state index in [1.165, 1.54) is 12.2 Å². The minimum Gasteiger partial charge on any atom is -0.459 e. The predicted molar refractivity (Wildman–Crippen MR) is 91.7 cm³/mol. The van der Waals surface area contributed by atoms with Crippen LogP contribution in [0.2, 0.25) is 0 Å². The van der Waals surface area contributed by atoms with Gasteiger partial charge in [0.2, 0.25) is 0 Å². The lowest BCUT2D eigenvalue weighted by molar-refractivity contribution is -0.168. The molecule has 1 atom stereocenters. The highest BCUT2D eigenvalue weighted by Gasteiger charge is 2.47. The number of allylic oxidation sites excluding steroid dienone is 1. The molecule has 24 heavy (non-hydrogen) atoms. The summed E-state index contributed by atoms with van der Waals surface area (Å²) in [6.45, 7) is 5.31. The van der Waals surface area contributed by atoms with Crippen molar-refractivity contribution in [2.75, 3.05) is 0 Å². The average Bonchev–Trinajstić information content (AvgIpc) is 2.53. The molecule has 1 aromatic carbocycles. The molecule has 0 spiro atoms. The van der Waals surface area contributed by atoms with Crippen molar-refractivity contribution in [2.45, 2.75) is 52.1 Å². The summed E-state index contributed by atoms with van der Waals surface area (Å²) in [6, 6.07) is 8.78. The lowest BCUT2D eigenvalue weighted by atomic mass is 9.72.